The van der Waals surface area contributed by atoms with Gasteiger partial charge in [-0.05, 0) is 55.6 Å². The minimum atomic E-state index is -0.361. The molecule has 0 bridgehead atoms. The number of piperidine rings is 1. The molecule has 1 amide bonds. The van der Waals surface area contributed by atoms with E-state index < -0.39 is 0 Å². The third-order valence-electron chi connectivity index (χ3n) is 5.07. The maximum atomic E-state index is 12.7. The van der Waals surface area contributed by atoms with Crippen LogP contribution in [0.15, 0.2) is 55.5 Å². The molecule has 0 saturated carbocycles. The van der Waals surface area contributed by atoms with Gasteiger partial charge in [0, 0.05) is 22.0 Å². The Morgan fingerprint density at radius 3 is 2.79 bits per heavy atom. The van der Waals surface area contributed by atoms with Crippen LogP contribution in [0.5, 0.6) is 0 Å². The number of amides is 1. The third-order valence-corrected chi connectivity index (χ3v) is 6.54. The smallest absolute Gasteiger partial charge is 0.287 e. The van der Waals surface area contributed by atoms with Crippen LogP contribution in [0.1, 0.15) is 40.7 Å². The van der Waals surface area contributed by atoms with E-state index in [0.717, 1.165) is 17.6 Å². The van der Waals surface area contributed by atoms with Crippen molar-refractivity contribution in [1.29, 1.82) is 0 Å². The second-order valence-corrected chi connectivity index (χ2v) is 8.85. The molecule has 3 heterocycles. The zero-order valence-corrected chi connectivity index (χ0v) is 17.7. The highest BCUT2D eigenvalue weighted by molar-refractivity contribution is 9.10. The fourth-order valence-electron chi connectivity index (χ4n) is 3.64. The van der Waals surface area contributed by atoms with Gasteiger partial charge < -0.3 is 9.73 Å². The molecule has 146 valence electrons. The Bertz CT molecular complexity index is 1030. The average molecular weight is 461 g/mol. The van der Waals surface area contributed by atoms with Gasteiger partial charge >= 0.3 is 0 Å². The summed E-state index contributed by atoms with van der Waals surface area (Å²) in [5, 5.41) is 5.49. The Labute approximate surface area is 175 Å². The highest BCUT2D eigenvalue weighted by Crippen LogP contribution is 2.27. The van der Waals surface area contributed by atoms with Gasteiger partial charge in [0.2, 0.25) is 0 Å². The predicted molar refractivity (Wildman–Crippen MR) is 115 cm³/mol. The molecule has 1 N–H and O–H groups in total. The molecule has 1 atom stereocenters. The Morgan fingerprint density at radius 2 is 2.04 bits per heavy atom. The Balaban J connectivity index is 1.53. The molecule has 3 aromatic rings. The van der Waals surface area contributed by atoms with Gasteiger partial charge in [0.25, 0.3) is 5.91 Å². The van der Waals surface area contributed by atoms with E-state index in [0.29, 0.717) is 17.5 Å². The van der Waals surface area contributed by atoms with E-state index >= 15 is 0 Å². The quantitative estimate of drug-likeness (QED) is 0.605. The molecule has 28 heavy (non-hydrogen) atoms. The Hall–Kier alpha value is -1.96. The van der Waals surface area contributed by atoms with Crippen molar-refractivity contribution in [3.05, 3.63) is 67.1 Å². The van der Waals surface area contributed by atoms with Crippen LogP contribution in [-0.4, -0.2) is 30.4 Å². The van der Waals surface area contributed by atoms with Gasteiger partial charge in [-0.1, -0.05) is 28.4 Å². The molecular weight excluding hydrogens is 440 g/mol. The number of likely N-dealkylation sites (tertiary alicyclic amines) is 1. The Kier molecular flexibility index (Phi) is 5.94. The number of carbonyl (C=O) groups excluding carboxylic acids is 1. The standard InChI is InChI=1S/C21H21BrN2O3S/c22-14-6-7-18-15(11-14)17(25)12-19(27-18)21(26)23-13-16(20-5-4-10-28-20)24-8-2-1-3-9-24/h4-7,10-12,16H,1-3,8-9,13H2,(H,23,26). The van der Waals surface area contributed by atoms with Gasteiger partial charge in [-0.2, -0.15) is 0 Å². The molecule has 1 aromatic carbocycles. The van der Waals surface area contributed by atoms with Crippen molar-refractivity contribution in [2.24, 2.45) is 0 Å². The average Bonchev–Trinajstić information content (AvgIpc) is 3.24. The molecule has 1 fully saturated rings. The summed E-state index contributed by atoms with van der Waals surface area (Å²) in [5.74, 6) is -0.316. The van der Waals surface area contributed by atoms with Crippen LogP contribution in [0.2, 0.25) is 0 Å². The van der Waals surface area contributed by atoms with Crippen LogP contribution < -0.4 is 10.7 Å². The lowest BCUT2D eigenvalue weighted by atomic mass is 10.1. The Morgan fingerprint density at radius 1 is 1.21 bits per heavy atom. The second kappa shape index (κ2) is 8.59. The molecule has 7 heteroatoms. The molecule has 1 aliphatic heterocycles. The molecule has 4 rings (SSSR count). The van der Waals surface area contributed by atoms with E-state index in [4.69, 9.17) is 4.42 Å². The van der Waals surface area contributed by atoms with Crippen LogP contribution in [0.25, 0.3) is 11.0 Å². The van der Waals surface area contributed by atoms with E-state index in [1.807, 2.05) is 6.07 Å². The highest BCUT2D eigenvalue weighted by atomic mass is 79.9. The maximum absolute atomic E-state index is 12.7. The molecule has 2 aromatic heterocycles. The van der Waals surface area contributed by atoms with Crippen LogP contribution in [-0.2, 0) is 0 Å². The molecular formula is C21H21BrN2O3S. The number of halogens is 1. The van der Waals surface area contributed by atoms with Crippen LogP contribution in [0.4, 0.5) is 0 Å². The van der Waals surface area contributed by atoms with Gasteiger partial charge in [-0.3, -0.25) is 14.5 Å². The van der Waals surface area contributed by atoms with Gasteiger partial charge in [-0.25, -0.2) is 0 Å². The van der Waals surface area contributed by atoms with E-state index in [1.165, 1.54) is 30.2 Å². The van der Waals surface area contributed by atoms with Gasteiger partial charge in [0.1, 0.15) is 5.58 Å². The minimum absolute atomic E-state index is 0.0448. The lowest BCUT2D eigenvalue weighted by molar-refractivity contribution is 0.0899. The number of carbonyl (C=O) groups is 1. The first-order chi connectivity index (χ1) is 13.6. The van der Waals surface area contributed by atoms with Crippen LogP contribution in [0.3, 0.4) is 0 Å². The summed E-state index contributed by atoms with van der Waals surface area (Å²) >= 11 is 5.05. The molecule has 0 radical (unpaired) electrons. The first-order valence-corrected chi connectivity index (χ1v) is 11.1. The maximum Gasteiger partial charge on any atom is 0.287 e. The lowest BCUT2D eigenvalue weighted by Crippen LogP contribution is -2.40. The first kappa shape index (κ1) is 19.4. The summed E-state index contributed by atoms with van der Waals surface area (Å²) < 4.78 is 6.48. The SMILES string of the molecule is O=C(NCC(c1cccs1)N1CCCCC1)c1cc(=O)c2cc(Br)ccc2o1. The molecule has 0 spiro atoms. The highest BCUT2D eigenvalue weighted by Gasteiger charge is 2.24. The van der Waals surface area contributed by atoms with Gasteiger partial charge in [0.15, 0.2) is 11.2 Å². The number of benzene rings is 1. The summed E-state index contributed by atoms with van der Waals surface area (Å²) in [4.78, 5) is 28.7. The topological polar surface area (TPSA) is 62.6 Å². The minimum Gasteiger partial charge on any atom is -0.451 e. The number of hydrogen-bond donors (Lipinski definition) is 1. The molecule has 1 unspecified atom stereocenters. The summed E-state index contributed by atoms with van der Waals surface area (Å²) in [6.45, 7) is 2.57. The fraction of sp³-hybridized carbons (Fsp3) is 0.333. The molecule has 1 aliphatic rings. The third kappa shape index (κ3) is 4.21. The summed E-state index contributed by atoms with van der Waals surface area (Å²) in [7, 11) is 0. The molecule has 0 aliphatic carbocycles. The van der Waals surface area contributed by atoms with Crippen molar-refractivity contribution in [2.45, 2.75) is 25.3 Å². The van der Waals surface area contributed by atoms with Crippen molar-refractivity contribution in [3.63, 3.8) is 0 Å². The zero-order valence-electron chi connectivity index (χ0n) is 15.3. The van der Waals surface area contributed by atoms with Crippen molar-refractivity contribution >= 4 is 44.1 Å². The van der Waals surface area contributed by atoms with Gasteiger partial charge in [0.05, 0.1) is 11.4 Å². The van der Waals surface area contributed by atoms with Crippen molar-refractivity contribution < 1.29 is 9.21 Å². The molecule has 5 nitrogen and oxygen atoms in total. The summed E-state index contributed by atoms with van der Waals surface area (Å²) in [5.41, 5.74) is 0.185. The number of nitrogens with one attached hydrogen (secondary N) is 1. The number of nitrogens with zero attached hydrogens (tertiary/aromatic N) is 1. The number of thiophene rings is 1. The van der Waals surface area contributed by atoms with Gasteiger partial charge in [-0.15, -0.1) is 11.3 Å². The number of hydrogen-bond acceptors (Lipinski definition) is 5. The van der Waals surface area contributed by atoms with E-state index in [-0.39, 0.29) is 23.1 Å². The number of fused-ring (bicyclic) bond motifs is 1. The van der Waals surface area contributed by atoms with Crippen molar-refractivity contribution in [1.82, 2.24) is 10.2 Å². The lowest BCUT2D eigenvalue weighted by Gasteiger charge is -2.34. The fourth-order valence-corrected chi connectivity index (χ4v) is 4.86. The zero-order chi connectivity index (χ0) is 19.5. The van der Waals surface area contributed by atoms with Crippen LogP contribution >= 0.6 is 27.3 Å². The monoisotopic (exact) mass is 460 g/mol. The molecule has 1 saturated heterocycles. The normalized spacial score (nSPS) is 16.2. The second-order valence-electron chi connectivity index (χ2n) is 6.95. The predicted octanol–water partition coefficient (Wildman–Crippen LogP) is 4.57. The number of rotatable bonds is 5. The largest absolute Gasteiger partial charge is 0.451 e. The van der Waals surface area contributed by atoms with E-state index in [9.17, 15) is 9.59 Å². The van der Waals surface area contributed by atoms with Crippen molar-refractivity contribution in [2.75, 3.05) is 19.6 Å². The van der Waals surface area contributed by atoms with Crippen LogP contribution in [0, 0.1) is 0 Å². The van der Waals surface area contributed by atoms with E-state index in [2.05, 4.69) is 37.6 Å². The van der Waals surface area contributed by atoms with Crippen molar-refractivity contribution in [3.8, 4) is 0 Å². The summed E-state index contributed by atoms with van der Waals surface area (Å²) in [6, 6.07) is 10.8. The first-order valence-electron chi connectivity index (χ1n) is 9.41. The van der Waals surface area contributed by atoms with E-state index in [1.54, 1.807) is 29.5 Å². The summed E-state index contributed by atoms with van der Waals surface area (Å²) in [6.07, 6.45) is 3.63.